The lowest BCUT2D eigenvalue weighted by Crippen LogP contribution is -2.49. The molecule has 94 valence electrons. The minimum atomic E-state index is 0.0772. The van der Waals surface area contributed by atoms with E-state index in [0.29, 0.717) is 6.04 Å². The normalized spacial score (nSPS) is 39.6. The standard InChI is InChI=1S/C14H27NO/c1-11-6-4-5-7-13(11)15-12-8-9-16-14(2,3)10-12/h11-13,15H,4-10H2,1-3H3. The second kappa shape index (κ2) is 5.05. The molecule has 16 heavy (non-hydrogen) atoms. The molecule has 1 saturated carbocycles. The fourth-order valence-corrected chi connectivity index (χ4v) is 3.24. The first kappa shape index (κ1) is 12.4. The lowest BCUT2D eigenvalue weighted by atomic mass is 9.84. The van der Waals surface area contributed by atoms with Gasteiger partial charge in [-0.05, 0) is 45.4 Å². The van der Waals surface area contributed by atoms with E-state index in [1.54, 1.807) is 0 Å². The molecular formula is C14H27NO. The average Bonchev–Trinajstić information content (AvgIpc) is 2.20. The maximum Gasteiger partial charge on any atom is 0.0641 e. The van der Waals surface area contributed by atoms with Gasteiger partial charge in [0.05, 0.1) is 5.60 Å². The summed E-state index contributed by atoms with van der Waals surface area (Å²) in [6.07, 6.45) is 7.97. The Morgan fingerprint density at radius 2 is 1.88 bits per heavy atom. The molecule has 1 aliphatic heterocycles. The third-order valence-electron chi connectivity index (χ3n) is 4.26. The van der Waals surface area contributed by atoms with Gasteiger partial charge in [-0.1, -0.05) is 19.8 Å². The molecule has 1 heterocycles. The smallest absolute Gasteiger partial charge is 0.0641 e. The van der Waals surface area contributed by atoms with Gasteiger partial charge in [0.15, 0.2) is 0 Å². The second-order valence-corrected chi connectivity index (χ2v) is 6.33. The van der Waals surface area contributed by atoms with Crippen molar-refractivity contribution in [3.05, 3.63) is 0 Å². The Hall–Kier alpha value is -0.0800. The van der Waals surface area contributed by atoms with Crippen molar-refractivity contribution in [2.75, 3.05) is 6.61 Å². The van der Waals surface area contributed by atoms with Gasteiger partial charge in [-0.2, -0.15) is 0 Å². The predicted molar refractivity (Wildman–Crippen MR) is 67.6 cm³/mol. The van der Waals surface area contributed by atoms with Crippen molar-refractivity contribution in [1.29, 1.82) is 0 Å². The average molecular weight is 225 g/mol. The van der Waals surface area contributed by atoms with Crippen molar-refractivity contribution in [2.24, 2.45) is 5.92 Å². The van der Waals surface area contributed by atoms with E-state index in [1.807, 2.05) is 0 Å². The van der Waals surface area contributed by atoms with Gasteiger partial charge in [0.25, 0.3) is 0 Å². The molecule has 2 fully saturated rings. The van der Waals surface area contributed by atoms with Gasteiger partial charge < -0.3 is 10.1 Å². The molecule has 2 nitrogen and oxygen atoms in total. The summed E-state index contributed by atoms with van der Waals surface area (Å²) < 4.78 is 5.77. The maximum atomic E-state index is 5.77. The second-order valence-electron chi connectivity index (χ2n) is 6.33. The molecule has 1 N–H and O–H groups in total. The number of hydrogen-bond donors (Lipinski definition) is 1. The molecule has 2 heteroatoms. The summed E-state index contributed by atoms with van der Waals surface area (Å²) in [6.45, 7) is 7.75. The van der Waals surface area contributed by atoms with Crippen molar-refractivity contribution < 1.29 is 4.74 Å². The Balaban J connectivity index is 1.84. The molecule has 3 unspecified atom stereocenters. The molecule has 0 aromatic heterocycles. The van der Waals surface area contributed by atoms with Crippen LogP contribution in [0.4, 0.5) is 0 Å². The molecule has 0 amide bonds. The highest BCUT2D eigenvalue weighted by atomic mass is 16.5. The molecule has 2 rings (SSSR count). The Kier molecular flexibility index (Phi) is 3.91. The molecule has 3 atom stereocenters. The maximum absolute atomic E-state index is 5.77. The number of ether oxygens (including phenoxy) is 1. The van der Waals surface area contributed by atoms with Crippen LogP contribution in [0.3, 0.4) is 0 Å². The quantitative estimate of drug-likeness (QED) is 0.779. The predicted octanol–water partition coefficient (Wildman–Crippen LogP) is 3.11. The van der Waals surface area contributed by atoms with Crippen molar-refractivity contribution in [3.8, 4) is 0 Å². The molecule has 0 aromatic rings. The van der Waals surface area contributed by atoms with E-state index >= 15 is 0 Å². The third-order valence-corrected chi connectivity index (χ3v) is 4.26. The third kappa shape index (κ3) is 3.21. The summed E-state index contributed by atoms with van der Waals surface area (Å²) in [5, 5.41) is 3.88. The molecule has 0 bridgehead atoms. The molecule has 0 spiro atoms. The zero-order valence-electron chi connectivity index (χ0n) is 11.1. The SMILES string of the molecule is CC1CCCCC1NC1CCOC(C)(C)C1. The molecule has 0 radical (unpaired) electrons. The van der Waals surface area contributed by atoms with Crippen LogP contribution in [0.5, 0.6) is 0 Å². The number of nitrogens with one attached hydrogen (secondary N) is 1. The molecule has 1 aliphatic carbocycles. The van der Waals surface area contributed by atoms with Gasteiger partial charge in [0.1, 0.15) is 0 Å². The first-order valence-corrected chi connectivity index (χ1v) is 6.97. The molecule has 1 saturated heterocycles. The van der Waals surface area contributed by atoms with E-state index < -0.39 is 0 Å². The Morgan fingerprint density at radius 1 is 1.12 bits per heavy atom. The minimum Gasteiger partial charge on any atom is -0.375 e. The molecule has 2 aliphatic rings. The highest BCUT2D eigenvalue weighted by Gasteiger charge is 2.31. The summed E-state index contributed by atoms with van der Waals surface area (Å²) in [5.74, 6) is 0.861. The van der Waals surface area contributed by atoms with E-state index in [9.17, 15) is 0 Å². The number of hydrogen-bond acceptors (Lipinski definition) is 2. The van der Waals surface area contributed by atoms with Gasteiger partial charge in [0, 0.05) is 18.7 Å². The van der Waals surface area contributed by atoms with Crippen LogP contribution in [0.15, 0.2) is 0 Å². The largest absolute Gasteiger partial charge is 0.375 e. The highest BCUT2D eigenvalue weighted by molar-refractivity contribution is 4.87. The zero-order chi connectivity index (χ0) is 11.6. The summed E-state index contributed by atoms with van der Waals surface area (Å²) in [5.41, 5.74) is 0.0772. The van der Waals surface area contributed by atoms with Crippen LogP contribution in [0.1, 0.15) is 59.3 Å². The van der Waals surface area contributed by atoms with Gasteiger partial charge in [0.2, 0.25) is 0 Å². The van der Waals surface area contributed by atoms with Gasteiger partial charge >= 0.3 is 0 Å². The zero-order valence-corrected chi connectivity index (χ0v) is 11.1. The molecular weight excluding hydrogens is 198 g/mol. The van der Waals surface area contributed by atoms with E-state index in [2.05, 4.69) is 26.1 Å². The van der Waals surface area contributed by atoms with E-state index in [-0.39, 0.29) is 5.60 Å². The van der Waals surface area contributed by atoms with E-state index in [4.69, 9.17) is 4.74 Å². The van der Waals surface area contributed by atoms with Crippen molar-refractivity contribution in [3.63, 3.8) is 0 Å². The Bertz CT molecular complexity index is 227. The van der Waals surface area contributed by atoms with Crippen LogP contribution in [0, 0.1) is 5.92 Å². The van der Waals surface area contributed by atoms with Gasteiger partial charge in [-0.15, -0.1) is 0 Å². The lowest BCUT2D eigenvalue weighted by Gasteiger charge is -2.40. The molecule has 0 aromatic carbocycles. The Labute approximate surface area is 100 Å². The van der Waals surface area contributed by atoms with Gasteiger partial charge in [-0.3, -0.25) is 0 Å². The summed E-state index contributed by atoms with van der Waals surface area (Å²) in [6, 6.07) is 1.43. The van der Waals surface area contributed by atoms with Gasteiger partial charge in [-0.25, -0.2) is 0 Å². The minimum absolute atomic E-state index is 0.0772. The van der Waals surface area contributed by atoms with Crippen molar-refractivity contribution in [1.82, 2.24) is 5.32 Å². The van der Waals surface area contributed by atoms with Crippen LogP contribution in [-0.4, -0.2) is 24.3 Å². The first-order chi connectivity index (χ1) is 7.57. The van der Waals surface area contributed by atoms with Crippen molar-refractivity contribution >= 4 is 0 Å². The number of rotatable bonds is 2. The van der Waals surface area contributed by atoms with E-state index in [1.165, 1.54) is 32.1 Å². The van der Waals surface area contributed by atoms with Crippen LogP contribution in [0.2, 0.25) is 0 Å². The summed E-state index contributed by atoms with van der Waals surface area (Å²) >= 11 is 0. The fourth-order valence-electron chi connectivity index (χ4n) is 3.24. The Morgan fingerprint density at radius 3 is 2.56 bits per heavy atom. The van der Waals surface area contributed by atoms with Crippen LogP contribution < -0.4 is 5.32 Å². The summed E-state index contributed by atoms with van der Waals surface area (Å²) in [7, 11) is 0. The lowest BCUT2D eigenvalue weighted by molar-refractivity contribution is -0.0653. The van der Waals surface area contributed by atoms with Crippen molar-refractivity contribution in [2.45, 2.75) is 77.0 Å². The summed E-state index contributed by atoms with van der Waals surface area (Å²) in [4.78, 5) is 0. The van der Waals surface area contributed by atoms with Crippen LogP contribution in [0.25, 0.3) is 0 Å². The fraction of sp³-hybridized carbons (Fsp3) is 1.00. The van der Waals surface area contributed by atoms with Crippen LogP contribution in [-0.2, 0) is 4.74 Å². The van der Waals surface area contributed by atoms with Crippen LogP contribution >= 0.6 is 0 Å². The topological polar surface area (TPSA) is 21.3 Å². The van der Waals surface area contributed by atoms with E-state index in [0.717, 1.165) is 25.0 Å². The first-order valence-electron chi connectivity index (χ1n) is 6.97. The highest BCUT2D eigenvalue weighted by Crippen LogP contribution is 2.28. The monoisotopic (exact) mass is 225 g/mol.